The molecule has 28 heavy (non-hydrogen) atoms. The number of benzene rings is 2. The Hall–Kier alpha value is -3.00. The quantitative estimate of drug-likeness (QED) is 0.592. The van der Waals surface area contributed by atoms with Gasteiger partial charge in [0.2, 0.25) is 11.8 Å². The number of halogens is 1. The lowest BCUT2D eigenvalue weighted by Crippen LogP contribution is -2.31. The van der Waals surface area contributed by atoms with Crippen molar-refractivity contribution in [3.8, 4) is 11.5 Å². The van der Waals surface area contributed by atoms with E-state index in [2.05, 4.69) is 31.4 Å². The van der Waals surface area contributed by atoms with E-state index in [0.717, 1.165) is 20.5 Å². The average Bonchev–Trinajstić information content (AvgIpc) is 3.28. The number of amides is 3. The second-order valence-corrected chi connectivity index (χ2v) is 7.29. The van der Waals surface area contributed by atoms with Crippen LogP contribution < -0.4 is 5.32 Å². The lowest BCUT2D eigenvalue weighted by Gasteiger charge is -2.10. The number of aromatic nitrogens is 2. The number of carbonyl (C=O) groups is 2. The van der Waals surface area contributed by atoms with Crippen LogP contribution in [-0.2, 0) is 17.8 Å². The van der Waals surface area contributed by atoms with E-state index in [1.54, 1.807) is 0 Å². The molecule has 142 valence electrons. The van der Waals surface area contributed by atoms with Crippen LogP contribution in [-0.4, -0.2) is 33.1 Å². The third-order valence-corrected chi connectivity index (χ3v) is 5.23. The van der Waals surface area contributed by atoms with Gasteiger partial charge in [-0.1, -0.05) is 42.5 Å². The van der Waals surface area contributed by atoms with Gasteiger partial charge in [0.1, 0.15) is 12.6 Å². The number of nitrogens with one attached hydrogen (secondary N) is 1. The minimum Gasteiger partial charge on any atom is -0.419 e. The van der Waals surface area contributed by atoms with E-state index in [4.69, 9.17) is 4.42 Å². The van der Waals surface area contributed by atoms with Crippen LogP contribution >= 0.6 is 15.9 Å². The van der Waals surface area contributed by atoms with Crippen LogP contribution in [0.2, 0.25) is 0 Å². The maximum atomic E-state index is 12.6. The summed E-state index contributed by atoms with van der Waals surface area (Å²) in [6.45, 7) is -0.0516. The van der Waals surface area contributed by atoms with Crippen LogP contribution in [0.4, 0.5) is 4.79 Å². The van der Waals surface area contributed by atoms with Crippen LogP contribution in [0, 0.1) is 0 Å². The summed E-state index contributed by atoms with van der Waals surface area (Å²) in [6, 6.07) is 16.3. The predicted molar refractivity (Wildman–Crippen MR) is 105 cm³/mol. The molecule has 8 heteroatoms. The Labute approximate surface area is 169 Å². The van der Waals surface area contributed by atoms with Crippen LogP contribution in [0.25, 0.3) is 11.5 Å². The minimum absolute atomic E-state index is 0.0516. The Balaban J connectivity index is 1.42. The molecule has 0 spiro atoms. The molecule has 1 aliphatic rings. The van der Waals surface area contributed by atoms with Crippen molar-refractivity contribution in [3.63, 3.8) is 0 Å². The van der Waals surface area contributed by atoms with Crippen molar-refractivity contribution in [2.75, 3.05) is 0 Å². The molecule has 0 unspecified atom stereocenters. The summed E-state index contributed by atoms with van der Waals surface area (Å²) < 4.78 is 6.47. The molecule has 1 fully saturated rings. The van der Waals surface area contributed by atoms with Gasteiger partial charge >= 0.3 is 6.03 Å². The highest BCUT2D eigenvalue weighted by molar-refractivity contribution is 9.10. The molecule has 0 radical (unpaired) electrons. The monoisotopic (exact) mass is 440 g/mol. The van der Waals surface area contributed by atoms with E-state index in [0.29, 0.717) is 18.7 Å². The predicted octanol–water partition coefficient (Wildman–Crippen LogP) is 3.55. The summed E-state index contributed by atoms with van der Waals surface area (Å²) in [5.74, 6) is 0.259. The van der Waals surface area contributed by atoms with Gasteiger partial charge in [-0.05, 0) is 46.5 Å². The number of imide groups is 1. The van der Waals surface area contributed by atoms with Crippen molar-refractivity contribution in [2.45, 2.75) is 25.4 Å². The number of aryl methyl sites for hydroxylation is 1. The summed E-state index contributed by atoms with van der Waals surface area (Å²) in [5.41, 5.74) is 1.87. The zero-order valence-electron chi connectivity index (χ0n) is 14.8. The lowest BCUT2D eigenvalue weighted by molar-refractivity contribution is -0.128. The van der Waals surface area contributed by atoms with Crippen molar-refractivity contribution in [1.82, 2.24) is 20.4 Å². The van der Waals surface area contributed by atoms with E-state index >= 15 is 0 Å². The molecule has 0 saturated carbocycles. The van der Waals surface area contributed by atoms with Crippen molar-refractivity contribution in [3.05, 3.63) is 70.5 Å². The average molecular weight is 441 g/mol. The first-order valence-corrected chi connectivity index (χ1v) is 9.64. The van der Waals surface area contributed by atoms with Crippen molar-refractivity contribution >= 4 is 27.9 Å². The molecule has 0 bridgehead atoms. The molecule has 7 nitrogen and oxygen atoms in total. The van der Waals surface area contributed by atoms with Crippen LogP contribution in [0.3, 0.4) is 0 Å². The zero-order valence-corrected chi connectivity index (χ0v) is 16.4. The van der Waals surface area contributed by atoms with Gasteiger partial charge in [0, 0.05) is 4.47 Å². The standard InChI is InChI=1S/C20H17BrN4O3/c21-15-9-5-4-8-14(15)18-24-23-17(28-18)12-25-19(26)16(22-20(25)27)11-10-13-6-2-1-3-7-13/h1-9,16H,10-12H2,(H,22,27)/t16-/m0/s1. The van der Waals surface area contributed by atoms with Crippen molar-refractivity contribution in [1.29, 1.82) is 0 Å². The van der Waals surface area contributed by atoms with Gasteiger partial charge in [-0.15, -0.1) is 10.2 Å². The second-order valence-electron chi connectivity index (χ2n) is 6.43. The van der Waals surface area contributed by atoms with Crippen LogP contribution in [0.15, 0.2) is 63.5 Å². The SMILES string of the molecule is O=C1N[C@@H](CCc2ccccc2)C(=O)N1Cc1nnc(-c2ccccc2Br)o1. The molecule has 0 aliphatic carbocycles. The Morgan fingerprint density at radius 2 is 1.79 bits per heavy atom. The highest BCUT2D eigenvalue weighted by Crippen LogP contribution is 2.27. The highest BCUT2D eigenvalue weighted by atomic mass is 79.9. The fourth-order valence-corrected chi connectivity index (χ4v) is 3.53. The van der Waals surface area contributed by atoms with E-state index in [9.17, 15) is 9.59 Å². The van der Waals surface area contributed by atoms with E-state index < -0.39 is 12.1 Å². The molecule has 1 N–H and O–H groups in total. The van der Waals surface area contributed by atoms with Gasteiger partial charge in [-0.2, -0.15) is 0 Å². The number of hydrogen-bond donors (Lipinski definition) is 1. The normalized spacial score (nSPS) is 16.5. The summed E-state index contributed by atoms with van der Waals surface area (Å²) in [6.07, 6.45) is 1.25. The first-order chi connectivity index (χ1) is 13.6. The summed E-state index contributed by atoms with van der Waals surface area (Å²) in [4.78, 5) is 26.0. The maximum Gasteiger partial charge on any atom is 0.325 e. The first-order valence-electron chi connectivity index (χ1n) is 8.85. The smallest absolute Gasteiger partial charge is 0.325 e. The number of rotatable bonds is 6. The Kier molecular flexibility index (Phi) is 5.21. The summed E-state index contributed by atoms with van der Waals surface area (Å²) in [7, 11) is 0. The van der Waals surface area contributed by atoms with Gasteiger partial charge in [0.15, 0.2) is 0 Å². The molecule has 2 aromatic carbocycles. The van der Waals surface area contributed by atoms with Crippen LogP contribution in [0.1, 0.15) is 17.9 Å². The van der Waals surface area contributed by atoms with Gasteiger partial charge in [-0.3, -0.25) is 9.69 Å². The molecular formula is C20H17BrN4O3. The fraction of sp³-hybridized carbons (Fsp3) is 0.200. The number of nitrogens with zero attached hydrogens (tertiary/aromatic N) is 3. The zero-order chi connectivity index (χ0) is 19.5. The van der Waals surface area contributed by atoms with E-state index in [-0.39, 0.29) is 18.3 Å². The van der Waals surface area contributed by atoms with Crippen LogP contribution in [0.5, 0.6) is 0 Å². The number of hydrogen-bond acceptors (Lipinski definition) is 5. The number of carbonyl (C=O) groups excluding carboxylic acids is 2. The van der Waals surface area contributed by atoms with E-state index in [1.807, 2.05) is 54.6 Å². The first kappa shape index (κ1) is 18.4. The minimum atomic E-state index is -0.543. The molecule has 1 atom stereocenters. The van der Waals surface area contributed by atoms with Gasteiger partial charge in [-0.25, -0.2) is 4.79 Å². The lowest BCUT2D eigenvalue weighted by atomic mass is 10.1. The second kappa shape index (κ2) is 7.93. The Morgan fingerprint density at radius 3 is 2.57 bits per heavy atom. The molecule has 3 aromatic rings. The van der Waals surface area contributed by atoms with Crippen molar-refractivity contribution < 1.29 is 14.0 Å². The topological polar surface area (TPSA) is 88.3 Å². The summed E-state index contributed by atoms with van der Waals surface area (Å²) >= 11 is 3.44. The molecule has 1 aliphatic heterocycles. The third kappa shape index (κ3) is 3.82. The molecular weight excluding hydrogens is 424 g/mol. The summed E-state index contributed by atoms with van der Waals surface area (Å²) in [5, 5.41) is 10.7. The molecule has 1 aromatic heterocycles. The molecule has 3 amide bonds. The third-order valence-electron chi connectivity index (χ3n) is 4.54. The molecule has 4 rings (SSSR count). The van der Waals surface area contributed by atoms with Gasteiger partial charge < -0.3 is 9.73 Å². The molecule has 2 heterocycles. The highest BCUT2D eigenvalue weighted by Gasteiger charge is 2.38. The largest absolute Gasteiger partial charge is 0.419 e. The Morgan fingerprint density at radius 1 is 1.04 bits per heavy atom. The maximum absolute atomic E-state index is 12.6. The molecule has 1 saturated heterocycles. The Bertz CT molecular complexity index is 1010. The van der Waals surface area contributed by atoms with Gasteiger partial charge in [0.05, 0.1) is 5.56 Å². The van der Waals surface area contributed by atoms with Gasteiger partial charge in [0.25, 0.3) is 5.91 Å². The van der Waals surface area contributed by atoms with E-state index in [1.165, 1.54) is 0 Å². The number of urea groups is 1. The van der Waals surface area contributed by atoms with Crippen molar-refractivity contribution in [2.24, 2.45) is 0 Å². The fourth-order valence-electron chi connectivity index (χ4n) is 3.07.